The van der Waals surface area contributed by atoms with Gasteiger partial charge in [-0.2, -0.15) is 0 Å². The van der Waals surface area contributed by atoms with Crippen molar-refractivity contribution >= 4 is 17.4 Å². The van der Waals surface area contributed by atoms with Gasteiger partial charge >= 0.3 is 0 Å². The van der Waals surface area contributed by atoms with Gasteiger partial charge in [-0.1, -0.05) is 0 Å². The molecule has 15 heavy (non-hydrogen) atoms. The van der Waals surface area contributed by atoms with Crippen LogP contribution in [0.1, 0.15) is 12.8 Å². The van der Waals surface area contributed by atoms with E-state index in [0.29, 0.717) is 0 Å². The van der Waals surface area contributed by atoms with Crippen LogP contribution in [0.4, 0.5) is 5.69 Å². The monoisotopic (exact) mass is 224 g/mol. The van der Waals surface area contributed by atoms with Crippen molar-refractivity contribution < 1.29 is 0 Å². The molecule has 84 valence electrons. The lowest BCUT2D eigenvalue weighted by molar-refractivity contribution is 0.728. The van der Waals surface area contributed by atoms with Gasteiger partial charge in [0.15, 0.2) is 0 Å². The Morgan fingerprint density at radius 1 is 1.20 bits per heavy atom. The number of nitrogens with zero attached hydrogens (tertiary/aromatic N) is 1. The van der Waals surface area contributed by atoms with Crippen LogP contribution < -0.4 is 10.6 Å². The third-order valence-corrected chi connectivity index (χ3v) is 3.20. The first kappa shape index (κ1) is 12.4. The van der Waals surface area contributed by atoms with Crippen LogP contribution in [-0.4, -0.2) is 26.4 Å². The molecule has 1 rings (SSSR count). The molecule has 0 aromatic heterocycles. The van der Waals surface area contributed by atoms with Gasteiger partial charge in [0, 0.05) is 24.2 Å². The van der Waals surface area contributed by atoms with Crippen molar-refractivity contribution in [1.29, 1.82) is 0 Å². The number of benzene rings is 1. The van der Waals surface area contributed by atoms with Gasteiger partial charge in [-0.05, 0) is 49.9 Å². The van der Waals surface area contributed by atoms with Crippen LogP contribution in [0.15, 0.2) is 29.2 Å². The normalized spacial score (nSPS) is 10.3. The van der Waals surface area contributed by atoms with Crippen LogP contribution in [0.25, 0.3) is 0 Å². The van der Waals surface area contributed by atoms with Gasteiger partial charge in [-0.25, -0.2) is 0 Å². The zero-order valence-electron chi connectivity index (χ0n) is 9.57. The summed E-state index contributed by atoms with van der Waals surface area (Å²) in [6, 6.07) is 8.68. The maximum atomic E-state index is 5.47. The predicted octanol–water partition coefficient (Wildman–Crippen LogP) is 2.58. The molecule has 0 heterocycles. The van der Waals surface area contributed by atoms with Crippen LogP contribution in [0.5, 0.6) is 0 Å². The highest BCUT2D eigenvalue weighted by atomic mass is 32.2. The van der Waals surface area contributed by atoms with Crippen LogP contribution in [0.2, 0.25) is 0 Å². The van der Waals surface area contributed by atoms with Gasteiger partial charge in [0.05, 0.1) is 0 Å². The first-order chi connectivity index (χ1) is 7.27. The molecule has 3 heteroatoms. The van der Waals surface area contributed by atoms with Gasteiger partial charge in [-0.3, -0.25) is 0 Å². The second-order valence-electron chi connectivity index (χ2n) is 3.62. The summed E-state index contributed by atoms with van der Waals surface area (Å²) in [5.41, 5.74) is 6.75. The lowest BCUT2D eigenvalue weighted by atomic mass is 10.2. The summed E-state index contributed by atoms with van der Waals surface area (Å²) >= 11 is 1.78. The average molecular weight is 224 g/mol. The Kier molecular flexibility index (Phi) is 5.58. The van der Waals surface area contributed by atoms with E-state index in [9.17, 15) is 0 Å². The first-order valence-electron chi connectivity index (χ1n) is 5.33. The highest BCUT2D eigenvalue weighted by Crippen LogP contribution is 2.19. The van der Waals surface area contributed by atoms with E-state index in [-0.39, 0.29) is 0 Å². The van der Waals surface area contributed by atoms with Gasteiger partial charge in [0.25, 0.3) is 0 Å². The van der Waals surface area contributed by atoms with E-state index in [1.807, 2.05) is 0 Å². The highest BCUT2D eigenvalue weighted by molar-refractivity contribution is 7.98. The van der Waals surface area contributed by atoms with Crippen molar-refractivity contribution in [2.24, 2.45) is 5.73 Å². The Morgan fingerprint density at radius 3 is 2.40 bits per heavy atom. The Bertz CT molecular complexity index is 271. The summed E-state index contributed by atoms with van der Waals surface area (Å²) in [6.45, 7) is 1.87. The van der Waals surface area contributed by atoms with Crippen molar-refractivity contribution in [3.63, 3.8) is 0 Å². The molecule has 1 aromatic carbocycles. The maximum Gasteiger partial charge on any atom is 0.0364 e. The van der Waals surface area contributed by atoms with Crippen molar-refractivity contribution in [2.45, 2.75) is 17.7 Å². The quantitative estimate of drug-likeness (QED) is 0.595. The maximum absolute atomic E-state index is 5.47. The first-order valence-corrected chi connectivity index (χ1v) is 6.55. The minimum absolute atomic E-state index is 0.791. The number of thioether (sulfide) groups is 1. The molecule has 1 aromatic rings. The van der Waals surface area contributed by atoms with Crippen molar-refractivity contribution in [2.75, 3.05) is 31.3 Å². The van der Waals surface area contributed by atoms with Crippen LogP contribution in [0, 0.1) is 0 Å². The van der Waals surface area contributed by atoms with E-state index in [2.05, 4.69) is 42.5 Å². The molecule has 0 bridgehead atoms. The molecule has 2 N–H and O–H groups in total. The number of anilines is 1. The smallest absolute Gasteiger partial charge is 0.0364 e. The standard InChI is InChI=1S/C12H20N2S/c1-14(10-4-3-9-13)11-5-7-12(15-2)8-6-11/h5-8H,3-4,9-10,13H2,1-2H3. The van der Waals surface area contributed by atoms with E-state index < -0.39 is 0 Å². The van der Waals surface area contributed by atoms with Crippen LogP contribution >= 0.6 is 11.8 Å². The molecule has 0 atom stereocenters. The second-order valence-corrected chi connectivity index (χ2v) is 4.50. The number of unbranched alkanes of at least 4 members (excludes halogenated alkanes) is 1. The van der Waals surface area contributed by atoms with Gasteiger partial charge in [0.2, 0.25) is 0 Å². The molecule has 0 fully saturated rings. The molecule has 2 nitrogen and oxygen atoms in total. The lowest BCUT2D eigenvalue weighted by Crippen LogP contribution is -2.19. The van der Waals surface area contributed by atoms with E-state index >= 15 is 0 Å². The molecule has 0 saturated carbocycles. The molecule has 0 aliphatic carbocycles. The Morgan fingerprint density at radius 2 is 1.87 bits per heavy atom. The SMILES string of the molecule is CSc1ccc(N(C)CCCCN)cc1. The van der Waals surface area contributed by atoms with E-state index in [0.717, 1.165) is 25.9 Å². The lowest BCUT2D eigenvalue weighted by Gasteiger charge is -2.19. The van der Waals surface area contributed by atoms with E-state index in [1.165, 1.54) is 10.6 Å². The molecule has 0 amide bonds. The highest BCUT2D eigenvalue weighted by Gasteiger charge is 1.99. The summed E-state index contributed by atoms with van der Waals surface area (Å²) < 4.78 is 0. The Labute approximate surface area is 96.8 Å². The summed E-state index contributed by atoms with van der Waals surface area (Å²) in [5, 5.41) is 0. The number of hydrogen-bond acceptors (Lipinski definition) is 3. The van der Waals surface area contributed by atoms with Crippen molar-refractivity contribution in [3.8, 4) is 0 Å². The minimum Gasteiger partial charge on any atom is -0.375 e. The van der Waals surface area contributed by atoms with E-state index in [1.54, 1.807) is 11.8 Å². The second kappa shape index (κ2) is 6.75. The topological polar surface area (TPSA) is 29.3 Å². The number of hydrogen-bond donors (Lipinski definition) is 1. The van der Waals surface area contributed by atoms with Gasteiger partial charge < -0.3 is 10.6 Å². The van der Waals surface area contributed by atoms with Crippen molar-refractivity contribution in [3.05, 3.63) is 24.3 Å². The Hall–Kier alpha value is -0.670. The molecule has 0 unspecified atom stereocenters. The van der Waals surface area contributed by atoms with Crippen LogP contribution in [0.3, 0.4) is 0 Å². The van der Waals surface area contributed by atoms with Crippen LogP contribution in [-0.2, 0) is 0 Å². The Balaban J connectivity index is 2.46. The number of nitrogens with two attached hydrogens (primary N) is 1. The van der Waals surface area contributed by atoms with E-state index in [4.69, 9.17) is 5.73 Å². The fraction of sp³-hybridized carbons (Fsp3) is 0.500. The zero-order valence-corrected chi connectivity index (χ0v) is 10.4. The molecular formula is C12H20N2S. The van der Waals surface area contributed by atoms with Crippen molar-refractivity contribution in [1.82, 2.24) is 0 Å². The summed E-state index contributed by atoms with van der Waals surface area (Å²) in [6.07, 6.45) is 4.37. The zero-order chi connectivity index (χ0) is 11.1. The summed E-state index contributed by atoms with van der Waals surface area (Å²) in [7, 11) is 2.13. The molecule has 0 aliphatic rings. The fourth-order valence-corrected chi connectivity index (χ4v) is 1.87. The largest absolute Gasteiger partial charge is 0.375 e. The molecular weight excluding hydrogens is 204 g/mol. The van der Waals surface area contributed by atoms with Gasteiger partial charge in [0.1, 0.15) is 0 Å². The minimum atomic E-state index is 0.791. The average Bonchev–Trinajstić information content (AvgIpc) is 2.29. The summed E-state index contributed by atoms with van der Waals surface area (Å²) in [5.74, 6) is 0. The third kappa shape index (κ3) is 4.14. The predicted molar refractivity (Wildman–Crippen MR) is 69.8 cm³/mol. The molecule has 0 saturated heterocycles. The molecule has 0 radical (unpaired) electrons. The fourth-order valence-electron chi connectivity index (χ4n) is 1.46. The summed E-state index contributed by atoms with van der Waals surface area (Å²) in [4.78, 5) is 3.59. The molecule has 0 aliphatic heterocycles. The number of rotatable bonds is 6. The third-order valence-electron chi connectivity index (χ3n) is 2.46. The molecule has 0 spiro atoms. The van der Waals surface area contributed by atoms with Gasteiger partial charge in [-0.15, -0.1) is 11.8 Å².